The molecule has 19 heavy (non-hydrogen) atoms. The number of nitrogens with two attached hydrogens (primary N) is 1. The maximum Gasteiger partial charge on any atom is 0.237 e. The van der Waals surface area contributed by atoms with Crippen molar-refractivity contribution in [2.24, 2.45) is 11.7 Å². The van der Waals surface area contributed by atoms with Crippen LogP contribution >= 0.6 is 12.4 Å². The van der Waals surface area contributed by atoms with Crippen molar-refractivity contribution in [3.63, 3.8) is 0 Å². The van der Waals surface area contributed by atoms with E-state index >= 15 is 0 Å². The van der Waals surface area contributed by atoms with Crippen LogP contribution in [-0.4, -0.2) is 23.6 Å². The molecule has 0 radical (unpaired) electrons. The summed E-state index contributed by atoms with van der Waals surface area (Å²) in [6.45, 7) is 4.56. The molecule has 0 spiro atoms. The molecule has 0 aliphatic heterocycles. The van der Waals surface area contributed by atoms with E-state index < -0.39 is 6.04 Å². The van der Waals surface area contributed by atoms with E-state index in [1.165, 1.54) is 0 Å². The van der Waals surface area contributed by atoms with Crippen LogP contribution in [0.15, 0.2) is 24.3 Å². The summed E-state index contributed by atoms with van der Waals surface area (Å²) in [5, 5.41) is 12.0. The lowest BCUT2D eigenvalue weighted by Gasteiger charge is -2.17. The molecule has 0 bridgehead atoms. The summed E-state index contributed by atoms with van der Waals surface area (Å²) in [4.78, 5) is 11.7. The zero-order valence-electron chi connectivity index (χ0n) is 11.4. The predicted octanol–water partition coefficient (Wildman–Crippen LogP) is 1.85. The van der Waals surface area contributed by atoms with Gasteiger partial charge < -0.3 is 16.2 Å². The number of hydrogen-bond donors (Lipinski definition) is 3. The van der Waals surface area contributed by atoms with Crippen LogP contribution in [0.25, 0.3) is 0 Å². The zero-order valence-corrected chi connectivity index (χ0v) is 12.2. The molecule has 0 heterocycles. The first-order chi connectivity index (χ1) is 8.54. The number of rotatable bonds is 6. The van der Waals surface area contributed by atoms with Gasteiger partial charge in [0.05, 0.1) is 6.04 Å². The van der Waals surface area contributed by atoms with Gasteiger partial charge in [-0.05, 0) is 30.0 Å². The Morgan fingerprint density at radius 1 is 1.37 bits per heavy atom. The summed E-state index contributed by atoms with van der Waals surface area (Å²) in [5.74, 6) is 0.350. The van der Waals surface area contributed by atoms with Crippen molar-refractivity contribution in [3.8, 4) is 5.75 Å². The highest BCUT2D eigenvalue weighted by molar-refractivity contribution is 5.85. The summed E-state index contributed by atoms with van der Waals surface area (Å²) >= 11 is 0. The van der Waals surface area contributed by atoms with Crippen LogP contribution in [0.4, 0.5) is 0 Å². The lowest BCUT2D eigenvalue weighted by Crippen LogP contribution is -2.45. The first kappa shape index (κ1) is 17.7. The second-order valence-corrected chi connectivity index (χ2v) is 4.62. The number of phenols is 1. The summed E-state index contributed by atoms with van der Waals surface area (Å²) in [5.41, 5.74) is 6.90. The van der Waals surface area contributed by atoms with E-state index in [9.17, 15) is 4.79 Å². The Labute approximate surface area is 120 Å². The fraction of sp³-hybridized carbons (Fsp3) is 0.500. The monoisotopic (exact) mass is 286 g/mol. The van der Waals surface area contributed by atoms with Crippen LogP contribution < -0.4 is 11.1 Å². The molecule has 0 aromatic heterocycles. The van der Waals surface area contributed by atoms with Crippen LogP contribution in [0.2, 0.25) is 0 Å². The number of hydrogen-bond acceptors (Lipinski definition) is 3. The standard InChI is InChI=1S/C14H22N2O2.ClH/c1-3-10(2)13(15)14(18)16-9-8-11-4-6-12(17)7-5-11;/h4-7,10,13,17H,3,8-9,15H2,1-2H3,(H,16,18);1H. The van der Waals surface area contributed by atoms with E-state index in [-0.39, 0.29) is 30.0 Å². The summed E-state index contributed by atoms with van der Waals surface area (Å²) in [6, 6.07) is 6.53. The Morgan fingerprint density at radius 2 is 1.95 bits per heavy atom. The summed E-state index contributed by atoms with van der Waals surface area (Å²) < 4.78 is 0. The minimum atomic E-state index is -0.435. The van der Waals surface area contributed by atoms with Crippen molar-refractivity contribution in [1.82, 2.24) is 5.32 Å². The Kier molecular flexibility index (Phi) is 8.19. The number of phenolic OH excluding ortho intramolecular Hbond substituents is 1. The molecule has 4 nitrogen and oxygen atoms in total. The van der Waals surface area contributed by atoms with Gasteiger partial charge in [-0.2, -0.15) is 0 Å². The largest absolute Gasteiger partial charge is 0.508 e. The summed E-state index contributed by atoms with van der Waals surface area (Å²) in [7, 11) is 0. The van der Waals surface area contributed by atoms with Crippen molar-refractivity contribution in [2.75, 3.05) is 6.54 Å². The van der Waals surface area contributed by atoms with Crippen LogP contribution in [0.3, 0.4) is 0 Å². The van der Waals surface area contributed by atoms with Crippen molar-refractivity contribution in [1.29, 1.82) is 0 Å². The van der Waals surface area contributed by atoms with Crippen molar-refractivity contribution in [3.05, 3.63) is 29.8 Å². The molecular formula is C14H23ClN2O2. The maximum atomic E-state index is 11.7. The SMILES string of the molecule is CCC(C)C(N)C(=O)NCCc1ccc(O)cc1.Cl. The van der Waals surface area contributed by atoms with Gasteiger partial charge >= 0.3 is 0 Å². The van der Waals surface area contributed by atoms with Gasteiger partial charge in [0, 0.05) is 6.54 Å². The van der Waals surface area contributed by atoms with Crippen molar-refractivity contribution in [2.45, 2.75) is 32.7 Å². The molecule has 2 unspecified atom stereocenters. The quantitative estimate of drug-likeness (QED) is 0.747. The van der Waals surface area contributed by atoms with E-state index in [1.54, 1.807) is 12.1 Å². The van der Waals surface area contributed by atoms with Gasteiger partial charge in [0.15, 0.2) is 0 Å². The van der Waals surface area contributed by atoms with Gasteiger partial charge in [0.2, 0.25) is 5.91 Å². The molecule has 0 saturated heterocycles. The second kappa shape index (κ2) is 8.77. The molecule has 1 amide bonds. The molecule has 0 fully saturated rings. The fourth-order valence-electron chi connectivity index (χ4n) is 1.62. The zero-order chi connectivity index (χ0) is 13.5. The number of carbonyl (C=O) groups is 1. The predicted molar refractivity (Wildman–Crippen MR) is 79.5 cm³/mol. The van der Waals surface area contributed by atoms with Gasteiger partial charge in [-0.3, -0.25) is 4.79 Å². The Morgan fingerprint density at radius 3 is 2.47 bits per heavy atom. The summed E-state index contributed by atoms with van der Waals surface area (Å²) in [6.07, 6.45) is 1.63. The average Bonchev–Trinajstić information content (AvgIpc) is 2.39. The second-order valence-electron chi connectivity index (χ2n) is 4.62. The molecular weight excluding hydrogens is 264 g/mol. The van der Waals surface area contributed by atoms with E-state index in [2.05, 4.69) is 5.32 Å². The fourth-order valence-corrected chi connectivity index (χ4v) is 1.62. The molecule has 0 saturated carbocycles. The Hall–Kier alpha value is -1.26. The van der Waals surface area contributed by atoms with Gasteiger partial charge in [0.1, 0.15) is 5.75 Å². The molecule has 0 aliphatic carbocycles. The number of aromatic hydroxyl groups is 1. The molecule has 2 atom stereocenters. The van der Waals surface area contributed by atoms with E-state index in [1.807, 2.05) is 26.0 Å². The molecule has 5 heteroatoms. The van der Waals surface area contributed by atoms with Crippen LogP contribution in [0.1, 0.15) is 25.8 Å². The highest BCUT2D eigenvalue weighted by Gasteiger charge is 2.18. The number of nitrogens with one attached hydrogen (secondary N) is 1. The van der Waals surface area contributed by atoms with Gasteiger partial charge in [0.25, 0.3) is 0 Å². The third kappa shape index (κ3) is 5.94. The van der Waals surface area contributed by atoms with Crippen LogP contribution in [-0.2, 0) is 11.2 Å². The number of benzene rings is 1. The molecule has 4 N–H and O–H groups in total. The third-order valence-electron chi connectivity index (χ3n) is 3.21. The first-order valence-corrected chi connectivity index (χ1v) is 6.35. The maximum absolute atomic E-state index is 11.7. The number of carbonyl (C=O) groups excluding carboxylic acids is 1. The smallest absolute Gasteiger partial charge is 0.237 e. The minimum Gasteiger partial charge on any atom is -0.508 e. The highest BCUT2D eigenvalue weighted by Crippen LogP contribution is 2.09. The molecule has 1 aromatic carbocycles. The van der Waals surface area contributed by atoms with Crippen LogP contribution in [0.5, 0.6) is 5.75 Å². The average molecular weight is 287 g/mol. The Bertz CT molecular complexity index is 382. The molecule has 1 aromatic rings. The molecule has 0 aliphatic rings. The van der Waals surface area contributed by atoms with E-state index in [4.69, 9.17) is 10.8 Å². The lowest BCUT2D eigenvalue weighted by molar-refractivity contribution is -0.123. The van der Waals surface area contributed by atoms with Crippen LogP contribution in [0, 0.1) is 5.92 Å². The van der Waals surface area contributed by atoms with Gasteiger partial charge in [-0.15, -0.1) is 12.4 Å². The van der Waals surface area contributed by atoms with E-state index in [0.717, 1.165) is 18.4 Å². The van der Waals surface area contributed by atoms with Crippen molar-refractivity contribution < 1.29 is 9.90 Å². The number of halogens is 1. The highest BCUT2D eigenvalue weighted by atomic mass is 35.5. The first-order valence-electron chi connectivity index (χ1n) is 6.35. The Balaban J connectivity index is 0.00000324. The van der Waals surface area contributed by atoms with E-state index in [0.29, 0.717) is 6.54 Å². The minimum absolute atomic E-state index is 0. The molecule has 108 valence electrons. The topological polar surface area (TPSA) is 75.4 Å². The van der Waals surface area contributed by atoms with Gasteiger partial charge in [-0.1, -0.05) is 32.4 Å². The van der Waals surface area contributed by atoms with Gasteiger partial charge in [-0.25, -0.2) is 0 Å². The third-order valence-corrected chi connectivity index (χ3v) is 3.21. The number of amides is 1. The lowest BCUT2D eigenvalue weighted by atomic mass is 9.99. The molecule has 1 rings (SSSR count). The normalized spacial score (nSPS) is 13.2. The van der Waals surface area contributed by atoms with Crippen molar-refractivity contribution >= 4 is 18.3 Å².